The summed E-state index contributed by atoms with van der Waals surface area (Å²) < 4.78 is 11.7. The minimum absolute atomic E-state index is 0.134. The number of nitrogens with zero attached hydrogens (tertiary/aromatic N) is 3. The van der Waals surface area contributed by atoms with E-state index in [1.165, 1.54) is 6.92 Å². The van der Waals surface area contributed by atoms with Gasteiger partial charge in [-0.3, -0.25) is 9.79 Å². The fraction of sp³-hybridized carbons (Fsp3) is 0.333. The number of carbonyl (C=O) groups is 1. The van der Waals surface area contributed by atoms with Gasteiger partial charge >= 0.3 is 0 Å². The van der Waals surface area contributed by atoms with Crippen LogP contribution >= 0.6 is 11.8 Å². The molecule has 1 atom stereocenters. The van der Waals surface area contributed by atoms with Crippen LogP contribution in [0.1, 0.15) is 26.3 Å². The van der Waals surface area contributed by atoms with Crippen LogP contribution < -0.4 is 10.6 Å². The number of anilines is 3. The maximum absolute atomic E-state index is 11.7. The summed E-state index contributed by atoms with van der Waals surface area (Å²) in [5, 5.41) is 7.32. The molecular weight excluding hydrogens is 382 g/mol. The number of amides is 1. The highest BCUT2D eigenvalue weighted by atomic mass is 32.2. The molecule has 0 saturated heterocycles. The van der Waals surface area contributed by atoms with E-state index in [9.17, 15) is 9.35 Å². The largest absolute Gasteiger partial charge is 0.610 e. The third kappa shape index (κ3) is 5.00. The van der Waals surface area contributed by atoms with Gasteiger partial charge in [0.25, 0.3) is 0 Å². The molecule has 142 valence electrons. The van der Waals surface area contributed by atoms with Crippen LogP contribution in [-0.4, -0.2) is 43.0 Å². The van der Waals surface area contributed by atoms with Gasteiger partial charge in [-0.15, -0.1) is 11.8 Å². The molecular formula is C18H21N5O2S2. The number of thioether (sulfide) groups is 1. The quantitative estimate of drug-likeness (QED) is 0.744. The number of hydrogen-bond donors (Lipinski definition) is 2. The van der Waals surface area contributed by atoms with Gasteiger partial charge < -0.3 is 15.2 Å². The minimum atomic E-state index is -1.18. The first-order chi connectivity index (χ1) is 12.7. The molecule has 2 N–H and O–H groups in total. The van der Waals surface area contributed by atoms with Gasteiger partial charge in [-0.25, -0.2) is 4.98 Å². The molecule has 0 radical (unpaired) electrons. The van der Waals surface area contributed by atoms with Gasteiger partial charge in [0, 0.05) is 47.7 Å². The summed E-state index contributed by atoms with van der Waals surface area (Å²) in [6, 6.07) is 7.07. The molecule has 1 aliphatic heterocycles. The Kier molecular flexibility index (Phi) is 5.73. The average molecular weight is 404 g/mol. The maximum Gasteiger partial charge on any atom is 0.246 e. The van der Waals surface area contributed by atoms with Crippen molar-refractivity contribution in [3.8, 4) is 0 Å². The fourth-order valence-corrected chi connectivity index (χ4v) is 4.16. The Balaban J connectivity index is 2.00. The van der Waals surface area contributed by atoms with Crippen LogP contribution in [0.25, 0.3) is 0 Å². The van der Waals surface area contributed by atoms with Crippen LogP contribution in [-0.2, 0) is 16.0 Å². The lowest BCUT2D eigenvalue weighted by Gasteiger charge is -2.14. The summed E-state index contributed by atoms with van der Waals surface area (Å²) in [4.78, 5) is 24.9. The van der Waals surface area contributed by atoms with E-state index in [0.29, 0.717) is 16.7 Å². The normalized spacial score (nSPS) is 16.6. The Labute approximate surface area is 165 Å². The number of aliphatic imine (C=N–C) groups is 1. The Morgan fingerprint density at radius 1 is 1.33 bits per heavy atom. The molecule has 3 heterocycles. The van der Waals surface area contributed by atoms with E-state index in [2.05, 4.69) is 34.4 Å². The molecule has 2 aromatic heterocycles. The van der Waals surface area contributed by atoms with Crippen molar-refractivity contribution in [2.75, 3.05) is 22.6 Å². The topological polar surface area (TPSA) is 102 Å². The van der Waals surface area contributed by atoms with E-state index >= 15 is 0 Å². The van der Waals surface area contributed by atoms with Gasteiger partial charge in [-0.05, 0) is 19.9 Å². The Bertz CT molecular complexity index is 899. The summed E-state index contributed by atoms with van der Waals surface area (Å²) in [5.74, 6) is 1.69. The Morgan fingerprint density at radius 2 is 2.11 bits per heavy atom. The van der Waals surface area contributed by atoms with Crippen LogP contribution in [0.5, 0.6) is 0 Å². The molecule has 1 unspecified atom stereocenters. The third-order valence-corrected chi connectivity index (χ3v) is 5.94. The van der Waals surface area contributed by atoms with E-state index in [0.717, 1.165) is 22.0 Å². The van der Waals surface area contributed by atoms with Gasteiger partial charge in [0.15, 0.2) is 0 Å². The lowest BCUT2D eigenvalue weighted by molar-refractivity contribution is -0.114. The van der Waals surface area contributed by atoms with Crippen molar-refractivity contribution in [3.05, 3.63) is 36.0 Å². The number of nitrogens with one attached hydrogen (secondary N) is 2. The summed E-state index contributed by atoms with van der Waals surface area (Å²) >= 11 is 0.493. The molecule has 0 spiro atoms. The van der Waals surface area contributed by atoms with Crippen LogP contribution in [0.3, 0.4) is 0 Å². The van der Waals surface area contributed by atoms with Crippen molar-refractivity contribution in [1.82, 2.24) is 9.97 Å². The molecule has 1 aliphatic rings. The van der Waals surface area contributed by atoms with Crippen molar-refractivity contribution >= 4 is 51.2 Å². The molecule has 27 heavy (non-hydrogen) atoms. The van der Waals surface area contributed by atoms with E-state index < -0.39 is 11.2 Å². The zero-order chi connectivity index (χ0) is 19.6. The third-order valence-electron chi connectivity index (χ3n) is 3.69. The second-order valence-corrected chi connectivity index (χ2v) is 9.05. The van der Waals surface area contributed by atoms with Crippen molar-refractivity contribution in [2.24, 2.45) is 4.99 Å². The van der Waals surface area contributed by atoms with Crippen molar-refractivity contribution in [1.29, 1.82) is 0 Å². The standard InChI is InChI=1S/C18H21N5O2S2/c1-11(24)20-15-8-13(21-14-6-5-7-16(22-14)27(4)25)12(9-19-15)17-23-18(2,3)10-26-17/h5-9H,10H2,1-4H3,(H2,19,20,21,22,24). The molecule has 2 aromatic rings. The smallest absolute Gasteiger partial charge is 0.246 e. The molecule has 1 amide bonds. The molecule has 0 aromatic carbocycles. The summed E-state index contributed by atoms with van der Waals surface area (Å²) in [5.41, 5.74) is 1.43. The molecule has 9 heteroatoms. The Morgan fingerprint density at radius 3 is 2.74 bits per heavy atom. The van der Waals surface area contributed by atoms with Crippen molar-refractivity contribution in [2.45, 2.75) is 31.3 Å². The van der Waals surface area contributed by atoms with Crippen LogP contribution in [0.15, 0.2) is 40.5 Å². The van der Waals surface area contributed by atoms with E-state index in [4.69, 9.17) is 4.99 Å². The number of aromatic nitrogens is 2. The molecule has 0 bridgehead atoms. The molecule has 0 fully saturated rings. The predicted octanol–water partition coefficient (Wildman–Crippen LogP) is 3.19. The monoisotopic (exact) mass is 403 g/mol. The second kappa shape index (κ2) is 7.87. The first kappa shape index (κ1) is 19.7. The van der Waals surface area contributed by atoms with Gasteiger partial charge in [0.05, 0.1) is 11.2 Å². The van der Waals surface area contributed by atoms with E-state index in [-0.39, 0.29) is 11.4 Å². The van der Waals surface area contributed by atoms with Crippen LogP contribution in [0, 0.1) is 0 Å². The van der Waals surface area contributed by atoms with Crippen LogP contribution in [0.2, 0.25) is 0 Å². The average Bonchev–Trinajstić information content (AvgIpc) is 2.94. The zero-order valence-electron chi connectivity index (χ0n) is 15.6. The minimum Gasteiger partial charge on any atom is -0.610 e. The molecule has 0 saturated carbocycles. The summed E-state index contributed by atoms with van der Waals surface area (Å²) in [6.07, 6.45) is 3.29. The lowest BCUT2D eigenvalue weighted by atomic mass is 10.1. The number of hydrogen-bond acceptors (Lipinski definition) is 7. The van der Waals surface area contributed by atoms with E-state index in [1.807, 2.05) is 0 Å². The molecule has 7 nitrogen and oxygen atoms in total. The predicted molar refractivity (Wildman–Crippen MR) is 111 cm³/mol. The fourth-order valence-electron chi connectivity index (χ4n) is 2.48. The SMILES string of the molecule is CC(=O)Nc1cc(Nc2cccc([S+](C)[O-])n2)c(C2=NC(C)(C)CS2)cn1. The highest BCUT2D eigenvalue weighted by Crippen LogP contribution is 2.34. The zero-order valence-corrected chi connectivity index (χ0v) is 17.2. The van der Waals surface area contributed by atoms with E-state index in [1.54, 1.807) is 48.5 Å². The first-order valence-electron chi connectivity index (χ1n) is 8.32. The summed E-state index contributed by atoms with van der Waals surface area (Å²) in [6.45, 7) is 5.60. The Hall–Kier alpha value is -2.10. The number of pyridine rings is 2. The maximum atomic E-state index is 11.7. The van der Waals surface area contributed by atoms with Gasteiger partial charge in [-0.1, -0.05) is 6.07 Å². The molecule has 3 rings (SSSR count). The lowest BCUT2D eigenvalue weighted by Crippen LogP contribution is -2.15. The second-order valence-electron chi connectivity index (χ2n) is 6.75. The summed E-state index contributed by atoms with van der Waals surface area (Å²) in [7, 11) is 0. The highest BCUT2D eigenvalue weighted by Gasteiger charge is 2.27. The van der Waals surface area contributed by atoms with Crippen molar-refractivity contribution < 1.29 is 9.35 Å². The van der Waals surface area contributed by atoms with Crippen molar-refractivity contribution in [3.63, 3.8) is 0 Å². The van der Waals surface area contributed by atoms with Gasteiger partial charge in [0.1, 0.15) is 22.9 Å². The number of carbonyl (C=O) groups excluding carboxylic acids is 1. The number of rotatable bonds is 5. The highest BCUT2D eigenvalue weighted by molar-refractivity contribution is 8.14. The van der Waals surface area contributed by atoms with Gasteiger partial charge in [-0.2, -0.15) is 4.98 Å². The molecule has 0 aliphatic carbocycles. The van der Waals surface area contributed by atoms with Crippen LogP contribution in [0.4, 0.5) is 17.3 Å². The van der Waals surface area contributed by atoms with Gasteiger partial charge in [0.2, 0.25) is 10.9 Å². The first-order valence-corrected chi connectivity index (χ1v) is 10.9.